The second kappa shape index (κ2) is 3.79. The Bertz CT molecular complexity index is 371. The first-order chi connectivity index (χ1) is 6.07. The third-order valence-electron chi connectivity index (χ3n) is 1.64. The van der Waals surface area contributed by atoms with Crippen molar-refractivity contribution in [3.05, 3.63) is 27.5 Å². The molecule has 5 heteroatoms. The average molecular weight is 247 g/mol. The maximum atomic E-state index is 12.3. The Kier molecular flexibility index (Phi) is 2.94. The standard InChI is InChI=1S/C8H5BrF2N2/c1-4-5(8(10)11)3-13-6(2-12)7(4)9/h3,8H,1H3. The van der Waals surface area contributed by atoms with Gasteiger partial charge in [-0.2, -0.15) is 5.26 Å². The molecule has 1 aromatic rings. The summed E-state index contributed by atoms with van der Waals surface area (Å²) < 4.78 is 24.9. The molecule has 0 spiro atoms. The van der Waals surface area contributed by atoms with Crippen LogP contribution in [0.3, 0.4) is 0 Å². The lowest BCUT2D eigenvalue weighted by Gasteiger charge is -2.06. The van der Waals surface area contributed by atoms with Crippen LogP contribution in [-0.4, -0.2) is 4.98 Å². The van der Waals surface area contributed by atoms with Crippen molar-refractivity contribution in [3.8, 4) is 6.07 Å². The van der Waals surface area contributed by atoms with Crippen molar-refractivity contribution >= 4 is 15.9 Å². The summed E-state index contributed by atoms with van der Waals surface area (Å²) in [5.74, 6) is 0. The minimum atomic E-state index is -2.56. The minimum Gasteiger partial charge on any atom is -0.244 e. The molecule has 0 unspecified atom stereocenters. The topological polar surface area (TPSA) is 36.7 Å². The normalized spacial score (nSPS) is 10.2. The van der Waals surface area contributed by atoms with Crippen molar-refractivity contribution < 1.29 is 8.78 Å². The van der Waals surface area contributed by atoms with Crippen molar-refractivity contribution in [3.63, 3.8) is 0 Å². The van der Waals surface area contributed by atoms with Gasteiger partial charge in [-0.3, -0.25) is 0 Å². The molecule has 2 nitrogen and oxygen atoms in total. The molecule has 0 atom stereocenters. The van der Waals surface area contributed by atoms with Gasteiger partial charge in [0.1, 0.15) is 6.07 Å². The quantitative estimate of drug-likeness (QED) is 0.764. The van der Waals surface area contributed by atoms with Crippen LogP contribution in [0.4, 0.5) is 8.78 Å². The largest absolute Gasteiger partial charge is 0.265 e. The average Bonchev–Trinajstić information content (AvgIpc) is 2.09. The zero-order valence-corrected chi connectivity index (χ0v) is 8.27. The van der Waals surface area contributed by atoms with Crippen LogP contribution in [0, 0.1) is 18.3 Å². The second-order valence-corrected chi connectivity index (χ2v) is 3.21. The zero-order chi connectivity index (χ0) is 10.0. The second-order valence-electron chi connectivity index (χ2n) is 2.41. The van der Waals surface area contributed by atoms with E-state index in [1.807, 2.05) is 0 Å². The third kappa shape index (κ3) is 1.83. The highest BCUT2D eigenvalue weighted by Gasteiger charge is 2.15. The van der Waals surface area contributed by atoms with E-state index >= 15 is 0 Å². The number of alkyl halides is 2. The lowest BCUT2D eigenvalue weighted by Crippen LogP contribution is -1.96. The highest BCUT2D eigenvalue weighted by molar-refractivity contribution is 9.10. The van der Waals surface area contributed by atoms with Crippen molar-refractivity contribution in [1.82, 2.24) is 4.98 Å². The van der Waals surface area contributed by atoms with Gasteiger partial charge in [0.2, 0.25) is 0 Å². The van der Waals surface area contributed by atoms with Crippen molar-refractivity contribution in [2.24, 2.45) is 0 Å². The van der Waals surface area contributed by atoms with Crippen LogP contribution in [-0.2, 0) is 0 Å². The predicted molar refractivity (Wildman–Crippen MR) is 46.3 cm³/mol. The zero-order valence-electron chi connectivity index (χ0n) is 6.68. The maximum absolute atomic E-state index is 12.3. The Balaban J connectivity index is 3.33. The number of nitrogens with zero attached hydrogens (tertiary/aromatic N) is 2. The van der Waals surface area contributed by atoms with E-state index in [0.29, 0.717) is 10.0 Å². The number of aromatic nitrogens is 1. The van der Waals surface area contributed by atoms with Gasteiger partial charge in [-0.15, -0.1) is 0 Å². The van der Waals surface area contributed by atoms with E-state index in [0.717, 1.165) is 6.20 Å². The first-order valence-corrected chi connectivity index (χ1v) is 4.20. The number of pyridine rings is 1. The van der Waals surface area contributed by atoms with E-state index in [1.165, 1.54) is 6.92 Å². The lowest BCUT2D eigenvalue weighted by molar-refractivity contribution is 0.150. The molecule has 0 fully saturated rings. The van der Waals surface area contributed by atoms with E-state index in [4.69, 9.17) is 5.26 Å². The molecular weight excluding hydrogens is 242 g/mol. The van der Waals surface area contributed by atoms with Crippen molar-refractivity contribution in [2.75, 3.05) is 0 Å². The number of halogens is 3. The molecular formula is C8H5BrF2N2. The molecule has 0 bridgehead atoms. The number of rotatable bonds is 1. The Morgan fingerprint density at radius 2 is 2.23 bits per heavy atom. The molecule has 0 aliphatic rings. The highest BCUT2D eigenvalue weighted by atomic mass is 79.9. The SMILES string of the molecule is Cc1c(C(F)F)cnc(C#N)c1Br. The minimum absolute atomic E-state index is 0.127. The molecule has 1 aromatic heterocycles. The number of hydrogen-bond acceptors (Lipinski definition) is 2. The van der Waals surface area contributed by atoms with Gasteiger partial charge in [-0.25, -0.2) is 13.8 Å². The molecule has 0 N–H and O–H groups in total. The highest BCUT2D eigenvalue weighted by Crippen LogP contribution is 2.28. The van der Waals surface area contributed by atoms with Gasteiger partial charge in [-0.05, 0) is 28.4 Å². The van der Waals surface area contributed by atoms with E-state index in [-0.39, 0.29) is 11.3 Å². The van der Waals surface area contributed by atoms with Gasteiger partial charge in [0.15, 0.2) is 5.69 Å². The molecule has 0 amide bonds. The summed E-state index contributed by atoms with van der Waals surface area (Å²) in [5.41, 5.74) is 0.342. The molecule has 1 rings (SSSR count). The molecule has 0 aliphatic carbocycles. The third-order valence-corrected chi connectivity index (χ3v) is 2.61. The van der Waals surface area contributed by atoms with E-state index < -0.39 is 6.43 Å². The Morgan fingerprint density at radius 1 is 1.62 bits per heavy atom. The van der Waals surface area contributed by atoms with Gasteiger partial charge in [0.25, 0.3) is 6.43 Å². The maximum Gasteiger partial charge on any atom is 0.265 e. The summed E-state index contributed by atoms with van der Waals surface area (Å²) in [5, 5.41) is 8.54. The van der Waals surface area contributed by atoms with Crippen molar-refractivity contribution in [2.45, 2.75) is 13.3 Å². The fraction of sp³-hybridized carbons (Fsp3) is 0.250. The Labute approximate surface area is 82.3 Å². The van der Waals surface area contributed by atoms with Gasteiger partial charge in [-0.1, -0.05) is 0 Å². The fourth-order valence-electron chi connectivity index (χ4n) is 0.890. The molecule has 0 aliphatic heterocycles. The monoisotopic (exact) mass is 246 g/mol. The van der Waals surface area contributed by atoms with E-state index in [1.54, 1.807) is 6.07 Å². The molecule has 1 heterocycles. The molecule has 68 valence electrons. The van der Waals surface area contributed by atoms with Crippen LogP contribution < -0.4 is 0 Å². The summed E-state index contributed by atoms with van der Waals surface area (Å²) in [4.78, 5) is 3.59. The van der Waals surface area contributed by atoms with Gasteiger partial charge in [0, 0.05) is 11.8 Å². The number of hydrogen-bond donors (Lipinski definition) is 0. The lowest BCUT2D eigenvalue weighted by atomic mass is 10.1. The first kappa shape index (κ1) is 10.1. The molecule has 0 radical (unpaired) electrons. The van der Waals surface area contributed by atoms with Gasteiger partial charge in [0.05, 0.1) is 4.47 Å². The van der Waals surface area contributed by atoms with E-state index in [9.17, 15) is 8.78 Å². The van der Waals surface area contributed by atoms with E-state index in [2.05, 4.69) is 20.9 Å². The van der Waals surface area contributed by atoms with Crippen LogP contribution in [0.5, 0.6) is 0 Å². The molecule has 0 saturated carbocycles. The smallest absolute Gasteiger partial charge is 0.244 e. The number of nitriles is 1. The molecule has 0 aromatic carbocycles. The Hall–Kier alpha value is -1.02. The van der Waals surface area contributed by atoms with Crippen LogP contribution in [0.2, 0.25) is 0 Å². The van der Waals surface area contributed by atoms with Crippen LogP contribution in [0.1, 0.15) is 23.2 Å². The summed E-state index contributed by atoms with van der Waals surface area (Å²) in [6.45, 7) is 1.52. The molecule has 0 saturated heterocycles. The van der Waals surface area contributed by atoms with Crippen molar-refractivity contribution in [1.29, 1.82) is 5.26 Å². The summed E-state index contributed by atoms with van der Waals surface area (Å²) in [6, 6.07) is 1.80. The van der Waals surface area contributed by atoms with Crippen LogP contribution >= 0.6 is 15.9 Å². The Morgan fingerprint density at radius 3 is 2.69 bits per heavy atom. The summed E-state index contributed by atoms with van der Waals surface area (Å²) in [7, 11) is 0. The summed E-state index contributed by atoms with van der Waals surface area (Å²) >= 11 is 3.04. The van der Waals surface area contributed by atoms with Crippen LogP contribution in [0.15, 0.2) is 10.7 Å². The summed E-state index contributed by atoms with van der Waals surface area (Å²) in [6.07, 6.45) is -1.53. The van der Waals surface area contributed by atoms with Gasteiger partial charge < -0.3 is 0 Å². The molecule has 13 heavy (non-hydrogen) atoms. The van der Waals surface area contributed by atoms with Gasteiger partial charge >= 0.3 is 0 Å². The predicted octanol–water partition coefficient (Wildman–Crippen LogP) is 2.96. The van der Waals surface area contributed by atoms with Crippen LogP contribution in [0.25, 0.3) is 0 Å². The first-order valence-electron chi connectivity index (χ1n) is 3.41. The fourth-order valence-corrected chi connectivity index (χ4v) is 1.31.